The minimum Gasteiger partial charge on any atom is -0.489 e. The first-order valence-corrected chi connectivity index (χ1v) is 12.4. The predicted octanol–water partition coefficient (Wildman–Crippen LogP) is 4.47. The molecule has 1 saturated heterocycles. The van der Waals surface area contributed by atoms with Crippen molar-refractivity contribution >= 4 is 28.7 Å². The number of hydrogen-bond acceptors (Lipinski definition) is 6. The molecule has 0 radical (unpaired) electrons. The zero-order chi connectivity index (χ0) is 29.7. The summed E-state index contributed by atoms with van der Waals surface area (Å²) >= 11 is 0. The monoisotopic (exact) mass is 561 g/mol. The molecule has 12 heteroatoms. The number of pyridine rings is 1. The van der Waals surface area contributed by atoms with Crippen LogP contribution in [0.15, 0.2) is 60.8 Å². The third kappa shape index (κ3) is 6.68. The van der Waals surface area contributed by atoms with E-state index in [1.807, 2.05) is 75.4 Å². The maximum Gasteiger partial charge on any atom is 0.490 e. The van der Waals surface area contributed by atoms with Crippen LogP contribution in [0.1, 0.15) is 38.3 Å². The predicted molar refractivity (Wildman–Crippen MR) is 138 cm³/mol. The Balaban J connectivity index is 0.000000559. The highest BCUT2D eigenvalue weighted by Gasteiger charge is 2.48. The van der Waals surface area contributed by atoms with E-state index in [0.717, 1.165) is 22.0 Å². The van der Waals surface area contributed by atoms with E-state index in [1.54, 1.807) is 16.6 Å². The van der Waals surface area contributed by atoms with Crippen molar-refractivity contribution in [1.29, 1.82) is 0 Å². The van der Waals surface area contributed by atoms with Gasteiger partial charge in [-0.25, -0.2) is 10.3 Å². The number of para-hydroxylation sites is 1. The van der Waals surface area contributed by atoms with Gasteiger partial charge in [0.15, 0.2) is 0 Å². The number of nitrogens with one attached hydrogen (secondary N) is 1. The summed E-state index contributed by atoms with van der Waals surface area (Å²) in [7, 11) is 0. The number of aliphatic carboxylic acids is 1. The molecule has 1 aliphatic rings. The standard InChI is InChI=1S/C26H29N3O4.C2HF3O2/c1-17(2)23(24(30)28-32)29-15-13-26(3,25(29)31)19-8-10-20(11-9-19)33-16-18-12-14-27-22-7-5-4-6-21(18)22;3-2(4,5)1(6)7/h4-12,14,17,23,32H,13,15-16H2,1-3H3,(H,28,30);(H,6,7). The normalized spacial score (nSPS) is 17.8. The number of ether oxygens (including phenoxy) is 1. The molecule has 2 atom stereocenters. The maximum absolute atomic E-state index is 13.3. The van der Waals surface area contributed by atoms with Crippen molar-refractivity contribution in [3.8, 4) is 5.75 Å². The van der Waals surface area contributed by atoms with Gasteiger partial charge < -0.3 is 14.7 Å². The molecule has 1 aliphatic heterocycles. The number of hydroxylamine groups is 1. The molecule has 0 spiro atoms. The molecule has 0 bridgehead atoms. The van der Waals surface area contributed by atoms with E-state index < -0.39 is 29.5 Å². The minimum absolute atomic E-state index is 0.110. The Labute approximate surface area is 228 Å². The Morgan fingerprint density at radius 3 is 2.33 bits per heavy atom. The van der Waals surface area contributed by atoms with E-state index in [-0.39, 0.29) is 11.8 Å². The lowest BCUT2D eigenvalue weighted by molar-refractivity contribution is -0.192. The van der Waals surface area contributed by atoms with Gasteiger partial charge in [-0.1, -0.05) is 44.2 Å². The number of hydrogen-bond donors (Lipinski definition) is 3. The second-order valence-electron chi connectivity index (χ2n) is 9.85. The molecule has 3 aromatic rings. The van der Waals surface area contributed by atoms with Crippen LogP contribution < -0.4 is 10.2 Å². The van der Waals surface area contributed by atoms with E-state index in [2.05, 4.69) is 4.98 Å². The number of fused-ring (bicyclic) bond motifs is 1. The first kappa shape index (κ1) is 30.4. The average Bonchev–Trinajstić information content (AvgIpc) is 3.22. The fourth-order valence-electron chi connectivity index (χ4n) is 4.63. The van der Waals surface area contributed by atoms with Crippen LogP contribution in [0.4, 0.5) is 13.2 Å². The van der Waals surface area contributed by atoms with Gasteiger partial charge in [0.25, 0.3) is 5.91 Å². The number of aromatic nitrogens is 1. The Morgan fingerprint density at radius 2 is 1.75 bits per heavy atom. The van der Waals surface area contributed by atoms with Crippen LogP contribution in [0.25, 0.3) is 10.9 Å². The highest BCUT2D eigenvalue weighted by Crippen LogP contribution is 2.38. The van der Waals surface area contributed by atoms with Crippen molar-refractivity contribution in [3.63, 3.8) is 0 Å². The highest BCUT2D eigenvalue weighted by molar-refractivity contribution is 5.94. The minimum atomic E-state index is -5.08. The Kier molecular flexibility index (Phi) is 9.36. The molecule has 2 aromatic carbocycles. The van der Waals surface area contributed by atoms with Crippen LogP contribution in [0.3, 0.4) is 0 Å². The van der Waals surface area contributed by atoms with Crippen LogP contribution in [-0.2, 0) is 26.4 Å². The highest BCUT2D eigenvalue weighted by atomic mass is 19.4. The van der Waals surface area contributed by atoms with Gasteiger partial charge in [-0.2, -0.15) is 13.2 Å². The molecule has 0 aliphatic carbocycles. The zero-order valence-electron chi connectivity index (χ0n) is 22.1. The fourth-order valence-corrected chi connectivity index (χ4v) is 4.63. The number of halogens is 3. The average molecular weight is 562 g/mol. The fraction of sp³-hybridized carbons (Fsp3) is 0.357. The van der Waals surface area contributed by atoms with Gasteiger partial charge in [-0.05, 0) is 49.1 Å². The largest absolute Gasteiger partial charge is 0.490 e. The molecule has 2 unspecified atom stereocenters. The molecule has 214 valence electrons. The second-order valence-corrected chi connectivity index (χ2v) is 9.85. The number of alkyl halides is 3. The SMILES string of the molecule is CC(C)C(C(=O)NO)N1CCC(C)(c2ccc(OCc3ccnc4ccccc34)cc2)C1=O.O=C(O)C(F)(F)F. The van der Waals surface area contributed by atoms with Crippen LogP contribution >= 0.6 is 0 Å². The Bertz CT molecular complexity index is 1360. The van der Waals surface area contributed by atoms with Crippen LogP contribution in [-0.4, -0.2) is 56.7 Å². The summed E-state index contributed by atoms with van der Waals surface area (Å²) in [6, 6.07) is 16.8. The molecular weight excluding hydrogens is 531 g/mol. The van der Waals surface area contributed by atoms with Crippen molar-refractivity contribution < 1.29 is 42.6 Å². The second kappa shape index (κ2) is 12.3. The lowest BCUT2D eigenvalue weighted by Crippen LogP contribution is -2.51. The van der Waals surface area contributed by atoms with Gasteiger partial charge in [-0.15, -0.1) is 0 Å². The van der Waals surface area contributed by atoms with Crippen LogP contribution in [0.5, 0.6) is 5.75 Å². The molecule has 0 saturated carbocycles. The van der Waals surface area contributed by atoms with E-state index in [9.17, 15) is 22.8 Å². The van der Waals surface area contributed by atoms with Gasteiger partial charge in [0.2, 0.25) is 5.91 Å². The first-order chi connectivity index (χ1) is 18.8. The van der Waals surface area contributed by atoms with Gasteiger partial charge in [-0.3, -0.25) is 19.8 Å². The first-order valence-electron chi connectivity index (χ1n) is 12.4. The summed E-state index contributed by atoms with van der Waals surface area (Å²) in [5.41, 5.74) is 3.84. The van der Waals surface area contributed by atoms with Crippen LogP contribution in [0, 0.1) is 5.92 Å². The number of benzene rings is 2. The maximum atomic E-state index is 13.3. The summed E-state index contributed by atoms with van der Waals surface area (Å²) in [6.07, 6.45) is -2.71. The number of nitrogens with zero attached hydrogens (tertiary/aromatic N) is 2. The Hall–Kier alpha value is -4.19. The lowest BCUT2D eigenvalue weighted by Gasteiger charge is -2.31. The van der Waals surface area contributed by atoms with Crippen molar-refractivity contribution in [2.45, 2.75) is 51.4 Å². The number of amides is 2. The smallest absolute Gasteiger partial charge is 0.489 e. The van der Waals surface area contributed by atoms with Crippen LogP contribution in [0.2, 0.25) is 0 Å². The third-order valence-corrected chi connectivity index (χ3v) is 6.80. The molecule has 1 fully saturated rings. The quantitative estimate of drug-likeness (QED) is 0.287. The van der Waals surface area contributed by atoms with Crippen molar-refractivity contribution in [2.75, 3.05) is 6.54 Å². The van der Waals surface area contributed by atoms with E-state index in [0.29, 0.717) is 25.3 Å². The van der Waals surface area contributed by atoms with E-state index >= 15 is 0 Å². The summed E-state index contributed by atoms with van der Waals surface area (Å²) in [5, 5.41) is 17.3. The number of likely N-dealkylation sites (tertiary alicyclic amines) is 1. The topological polar surface area (TPSA) is 129 Å². The van der Waals surface area contributed by atoms with Crippen molar-refractivity contribution in [1.82, 2.24) is 15.4 Å². The molecular formula is C28H30F3N3O6. The number of carboxylic acids is 1. The molecule has 1 aromatic heterocycles. The molecule has 4 rings (SSSR count). The number of rotatable bonds is 7. The zero-order valence-corrected chi connectivity index (χ0v) is 22.1. The number of carbonyl (C=O) groups excluding carboxylic acids is 2. The van der Waals surface area contributed by atoms with E-state index in [4.69, 9.17) is 19.8 Å². The van der Waals surface area contributed by atoms with Gasteiger partial charge >= 0.3 is 12.1 Å². The number of carbonyl (C=O) groups is 3. The summed E-state index contributed by atoms with van der Waals surface area (Å²) in [6.45, 7) is 6.50. The molecule has 2 heterocycles. The summed E-state index contributed by atoms with van der Waals surface area (Å²) in [5.74, 6) is -2.84. The van der Waals surface area contributed by atoms with Gasteiger partial charge in [0.05, 0.1) is 10.9 Å². The lowest BCUT2D eigenvalue weighted by atomic mass is 9.81. The molecule has 3 N–H and O–H groups in total. The molecule has 2 amide bonds. The molecule has 40 heavy (non-hydrogen) atoms. The van der Waals surface area contributed by atoms with Gasteiger partial charge in [0.1, 0.15) is 18.4 Å². The van der Waals surface area contributed by atoms with Crippen molar-refractivity contribution in [2.24, 2.45) is 5.92 Å². The Morgan fingerprint density at radius 1 is 1.12 bits per heavy atom. The van der Waals surface area contributed by atoms with Gasteiger partial charge in [0, 0.05) is 23.7 Å². The summed E-state index contributed by atoms with van der Waals surface area (Å²) in [4.78, 5) is 40.4. The van der Waals surface area contributed by atoms with Crippen molar-refractivity contribution in [3.05, 3.63) is 71.9 Å². The summed E-state index contributed by atoms with van der Waals surface area (Å²) < 4.78 is 37.7. The molecule has 9 nitrogen and oxygen atoms in total. The number of carboxylic acid groups (broad SMARTS) is 1. The third-order valence-electron chi connectivity index (χ3n) is 6.80. The van der Waals surface area contributed by atoms with E-state index in [1.165, 1.54) is 0 Å².